The lowest BCUT2D eigenvalue weighted by atomic mass is 10.1. The van der Waals surface area contributed by atoms with Gasteiger partial charge in [0.2, 0.25) is 0 Å². The van der Waals surface area contributed by atoms with Gasteiger partial charge in [0, 0.05) is 34.4 Å². The van der Waals surface area contributed by atoms with Crippen molar-refractivity contribution in [2.45, 2.75) is 13.0 Å². The van der Waals surface area contributed by atoms with Crippen molar-refractivity contribution in [1.82, 2.24) is 5.32 Å². The molecule has 19 heavy (non-hydrogen) atoms. The van der Waals surface area contributed by atoms with Crippen LogP contribution in [0.3, 0.4) is 0 Å². The van der Waals surface area contributed by atoms with Gasteiger partial charge in [0.05, 0.1) is 0 Å². The summed E-state index contributed by atoms with van der Waals surface area (Å²) in [6.07, 6.45) is 1.50. The van der Waals surface area contributed by atoms with Gasteiger partial charge in [-0.25, -0.2) is 8.78 Å². The van der Waals surface area contributed by atoms with Crippen LogP contribution in [0.4, 0.5) is 14.5 Å². The lowest BCUT2D eigenvalue weighted by Crippen LogP contribution is -2.36. The molecule has 1 rings (SSSR count). The van der Waals surface area contributed by atoms with E-state index in [1.807, 2.05) is 5.43 Å². The largest absolute Gasteiger partial charge is 0.349 e. The maximum absolute atomic E-state index is 13.4. The lowest BCUT2D eigenvalue weighted by molar-refractivity contribution is 0.0943. The Hall–Kier alpha value is -1.54. The first-order valence-corrected chi connectivity index (χ1v) is 7.14. The molecule has 2 atom stereocenters. The van der Waals surface area contributed by atoms with Crippen molar-refractivity contribution in [1.29, 1.82) is 0 Å². The van der Waals surface area contributed by atoms with Crippen LogP contribution < -0.4 is 16.6 Å². The third-order valence-corrected chi connectivity index (χ3v) is 3.28. The average Bonchev–Trinajstić information content (AvgIpc) is 2.26. The molecule has 0 aliphatic heterocycles. The molecule has 1 amide bonds. The van der Waals surface area contributed by atoms with Crippen molar-refractivity contribution in [2.75, 3.05) is 17.4 Å². The van der Waals surface area contributed by atoms with E-state index in [2.05, 4.69) is 5.32 Å². The van der Waals surface area contributed by atoms with Crippen LogP contribution in [-0.4, -0.2) is 28.2 Å². The lowest BCUT2D eigenvalue weighted by Gasteiger charge is -2.13. The number of nitrogens with two attached hydrogens (primary N) is 1. The van der Waals surface area contributed by atoms with Crippen molar-refractivity contribution in [3.63, 3.8) is 0 Å². The molecule has 1 aromatic carbocycles. The summed E-state index contributed by atoms with van der Waals surface area (Å²) in [6, 6.07) is 1.39. The first-order chi connectivity index (χ1) is 8.85. The molecule has 8 heteroatoms. The van der Waals surface area contributed by atoms with Crippen LogP contribution in [-0.2, 0) is 10.8 Å². The Morgan fingerprint density at radius 1 is 1.42 bits per heavy atom. The Balaban J connectivity index is 2.86. The van der Waals surface area contributed by atoms with Gasteiger partial charge in [0.15, 0.2) is 11.6 Å². The summed E-state index contributed by atoms with van der Waals surface area (Å²) in [7, 11) is -1.07. The molecule has 0 heterocycles. The first kappa shape index (κ1) is 15.5. The van der Waals surface area contributed by atoms with E-state index >= 15 is 0 Å². The van der Waals surface area contributed by atoms with E-state index in [0.717, 1.165) is 12.1 Å². The smallest absolute Gasteiger partial charge is 0.251 e. The Bertz CT molecular complexity index is 488. The van der Waals surface area contributed by atoms with Gasteiger partial charge in [0.1, 0.15) is 5.69 Å². The maximum atomic E-state index is 13.4. The molecule has 0 saturated heterocycles. The summed E-state index contributed by atoms with van der Waals surface area (Å²) in [5.41, 5.74) is 1.21. The summed E-state index contributed by atoms with van der Waals surface area (Å²) < 4.78 is 37.8. The van der Waals surface area contributed by atoms with Gasteiger partial charge >= 0.3 is 0 Å². The molecular formula is C11H15F2N3O2S. The number of benzene rings is 1. The molecule has 0 aliphatic rings. The van der Waals surface area contributed by atoms with Gasteiger partial charge in [-0.15, -0.1) is 0 Å². The zero-order valence-corrected chi connectivity index (χ0v) is 11.3. The quantitative estimate of drug-likeness (QED) is 0.552. The second-order valence-corrected chi connectivity index (χ2v) is 5.55. The highest BCUT2D eigenvalue weighted by Gasteiger charge is 2.16. The molecule has 0 fully saturated rings. The summed E-state index contributed by atoms with van der Waals surface area (Å²) >= 11 is 0. The molecule has 0 aromatic heterocycles. The molecular weight excluding hydrogens is 276 g/mol. The van der Waals surface area contributed by atoms with Crippen LogP contribution in [0.5, 0.6) is 0 Å². The minimum atomic E-state index is -1.07. The zero-order valence-electron chi connectivity index (χ0n) is 10.5. The van der Waals surface area contributed by atoms with Crippen molar-refractivity contribution < 1.29 is 17.8 Å². The van der Waals surface area contributed by atoms with Crippen molar-refractivity contribution in [3.8, 4) is 0 Å². The molecule has 2 unspecified atom stereocenters. The standard InChI is InChI=1S/C11H15F2N3O2S/c1-6(5-19(2)18)15-11(17)7-3-8(12)10(16-14)9(13)4-7/h3-4,6,16H,5,14H2,1-2H3,(H,15,17). The Labute approximate surface area is 112 Å². The Morgan fingerprint density at radius 3 is 2.37 bits per heavy atom. The van der Waals surface area contributed by atoms with Crippen LogP contribution in [0.2, 0.25) is 0 Å². The van der Waals surface area contributed by atoms with Crippen molar-refractivity contribution in [3.05, 3.63) is 29.3 Å². The topological polar surface area (TPSA) is 84.2 Å². The van der Waals surface area contributed by atoms with Crippen LogP contribution in [0.25, 0.3) is 0 Å². The van der Waals surface area contributed by atoms with Crippen molar-refractivity contribution in [2.24, 2.45) is 5.84 Å². The van der Waals surface area contributed by atoms with Gasteiger partial charge in [-0.3, -0.25) is 14.8 Å². The van der Waals surface area contributed by atoms with Gasteiger partial charge in [-0.2, -0.15) is 0 Å². The van der Waals surface area contributed by atoms with Gasteiger partial charge < -0.3 is 10.7 Å². The Kier molecular flexibility index (Phi) is 5.37. The highest BCUT2D eigenvalue weighted by molar-refractivity contribution is 7.84. The number of hydrogen-bond donors (Lipinski definition) is 3. The third-order valence-electron chi connectivity index (χ3n) is 2.31. The minimum Gasteiger partial charge on any atom is -0.349 e. The zero-order chi connectivity index (χ0) is 14.6. The molecule has 0 aliphatic carbocycles. The molecule has 0 radical (unpaired) electrons. The van der Waals surface area contributed by atoms with E-state index in [0.29, 0.717) is 0 Å². The third kappa shape index (κ3) is 4.25. The predicted octanol–water partition coefficient (Wildman–Crippen LogP) is 0.747. The molecule has 0 saturated carbocycles. The van der Waals surface area contributed by atoms with Crippen LogP contribution >= 0.6 is 0 Å². The summed E-state index contributed by atoms with van der Waals surface area (Å²) in [5, 5.41) is 2.50. The van der Waals surface area contributed by atoms with Gasteiger partial charge in [0.25, 0.3) is 5.91 Å². The number of amides is 1. The second-order valence-electron chi connectivity index (χ2n) is 4.07. The fraction of sp³-hybridized carbons (Fsp3) is 0.364. The fourth-order valence-corrected chi connectivity index (χ4v) is 2.33. The number of nitrogens with one attached hydrogen (secondary N) is 2. The second kappa shape index (κ2) is 6.58. The number of hydrogen-bond acceptors (Lipinski definition) is 4. The van der Waals surface area contributed by atoms with E-state index < -0.39 is 34.0 Å². The van der Waals surface area contributed by atoms with Crippen LogP contribution in [0.1, 0.15) is 17.3 Å². The summed E-state index contributed by atoms with van der Waals surface area (Å²) in [6.45, 7) is 1.65. The van der Waals surface area contributed by atoms with E-state index in [1.165, 1.54) is 6.26 Å². The minimum absolute atomic E-state index is 0.164. The normalized spacial score (nSPS) is 13.7. The number of carbonyl (C=O) groups is 1. The van der Waals surface area contributed by atoms with Crippen molar-refractivity contribution >= 4 is 22.4 Å². The number of nitrogen functional groups attached to an aromatic ring is 1. The monoisotopic (exact) mass is 291 g/mol. The van der Waals surface area contributed by atoms with E-state index in [1.54, 1.807) is 6.92 Å². The predicted molar refractivity (Wildman–Crippen MR) is 70.0 cm³/mol. The Morgan fingerprint density at radius 2 is 1.95 bits per heavy atom. The molecule has 0 spiro atoms. The summed E-state index contributed by atoms with van der Waals surface area (Å²) in [4.78, 5) is 11.7. The highest BCUT2D eigenvalue weighted by Crippen LogP contribution is 2.19. The number of hydrazine groups is 1. The molecule has 106 valence electrons. The SMILES string of the molecule is CC(CS(C)=O)NC(=O)c1cc(F)c(NN)c(F)c1. The number of anilines is 1. The number of rotatable bonds is 5. The molecule has 4 N–H and O–H groups in total. The van der Waals surface area contributed by atoms with E-state index in [4.69, 9.17) is 5.84 Å². The fourth-order valence-electron chi connectivity index (χ4n) is 1.54. The van der Waals surface area contributed by atoms with Crippen LogP contribution in [0.15, 0.2) is 12.1 Å². The van der Waals surface area contributed by atoms with Gasteiger partial charge in [-0.05, 0) is 19.1 Å². The average molecular weight is 291 g/mol. The maximum Gasteiger partial charge on any atom is 0.251 e. The van der Waals surface area contributed by atoms with E-state index in [9.17, 15) is 17.8 Å². The van der Waals surface area contributed by atoms with Crippen LogP contribution in [0, 0.1) is 11.6 Å². The molecule has 5 nitrogen and oxygen atoms in total. The van der Waals surface area contributed by atoms with E-state index in [-0.39, 0.29) is 17.4 Å². The highest BCUT2D eigenvalue weighted by atomic mass is 32.2. The number of halogens is 2. The number of carbonyl (C=O) groups excluding carboxylic acids is 1. The summed E-state index contributed by atoms with van der Waals surface area (Å²) in [5.74, 6) is 2.65. The molecule has 1 aromatic rings. The molecule has 0 bridgehead atoms. The van der Waals surface area contributed by atoms with Gasteiger partial charge in [-0.1, -0.05) is 0 Å². The first-order valence-electron chi connectivity index (χ1n) is 5.41.